The van der Waals surface area contributed by atoms with Crippen LogP contribution in [0.4, 0.5) is 5.82 Å². The van der Waals surface area contributed by atoms with E-state index in [9.17, 15) is 0 Å². The van der Waals surface area contributed by atoms with Crippen molar-refractivity contribution < 1.29 is 0 Å². The number of anilines is 1. The number of benzene rings is 1. The van der Waals surface area contributed by atoms with E-state index in [2.05, 4.69) is 10.2 Å². The summed E-state index contributed by atoms with van der Waals surface area (Å²) >= 11 is 11.9. The normalized spacial score (nSPS) is 10.7. The van der Waals surface area contributed by atoms with Crippen LogP contribution < -0.4 is 5.73 Å². The van der Waals surface area contributed by atoms with Gasteiger partial charge in [-0.15, -0.1) is 0 Å². The molecule has 0 aliphatic carbocycles. The summed E-state index contributed by atoms with van der Waals surface area (Å²) in [5.41, 5.74) is 8.52. The van der Waals surface area contributed by atoms with E-state index < -0.39 is 0 Å². The van der Waals surface area contributed by atoms with E-state index in [1.54, 1.807) is 6.07 Å². The Bertz CT molecular complexity index is 500. The van der Waals surface area contributed by atoms with E-state index in [4.69, 9.17) is 28.9 Å². The van der Waals surface area contributed by atoms with Gasteiger partial charge in [0.15, 0.2) is 0 Å². The standard InChI is InChI=1S/C11H11Cl2N3/c1-2-9-10(15-16-11(9)14)6-3-7(12)5-8(13)4-6/h3-5H,2H2,1H3,(H3,14,15,16). The molecule has 1 heterocycles. The molecule has 0 aliphatic heterocycles. The Balaban J connectivity index is 2.58. The minimum Gasteiger partial charge on any atom is -0.382 e. The summed E-state index contributed by atoms with van der Waals surface area (Å²) in [5.74, 6) is 0.522. The number of H-pyrrole nitrogens is 1. The van der Waals surface area contributed by atoms with Gasteiger partial charge in [-0.1, -0.05) is 30.1 Å². The van der Waals surface area contributed by atoms with Gasteiger partial charge < -0.3 is 5.73 Å². The van der Waals surface area contributed by atoms with Crippen molar-refractivity contribution >= 4 is 29.0 Å². The highest BCUT2D eigenvalue weighted by molar-refractivity contribution is 6.35. The molecule has 0 aliphatic rings. The van der Waals surface area contributed by atoms with E-state index >= 15 is 0 Å². The molecule has 0 saturated carbocycles. The molecule has 16 heavy (non-hydrogen) atoms. The molecule has 1 aromatic carbocycles. The van der Waals surface area contributed by atoms with Gasteiger partial charge in [0.25, 0.3) is 0 Å². The summed E-state index contributed by atoms with van der Waals surface area (Å²) in [6.45, 7) is 2.02. The van der Waals surface area contributed by atoms with Gasteiger partial charge in [-0.05, 0) is 24.6 Å². The van der Waals surface area contributed by atoms with Gasteiger partial charge in [-0.25, -0.2) is 0 Å². The van der Waals surface area contributed by atoms with Gasteiger partial charge in [0.2, 0.25) is 0 Å². The fraction of sp³-hybridized carbons (Fsp3) is 0.182. The SMILES string of the molecule is CCc1c(N)n[nH]c1-c1cc(Cl)cc(Cl)c1. The predicted octanol–water partition coefficient (Wildman–Crippen LogP) is 3.53. The van der Waals surface area contributed by atoms with E-state index in [0.29, 0.717) is 15.9 Å². The number of nitrogens with two attached hydrogens (primary N) is 1. The molecule has 3 nitrogen and oxygen atoms in total. The zero-order valence-electron chi connectivity index (χ0n) is 8.72. The Labute approximate surface area is 104 Å². The Morgan fingerprint density at radius 3 is 2.44 bits per heavy atom. The number of hydrogen-bond acceptors (Lipinski definition) is 2. The second kappa shape index (κ2) is 4.36. The van der Waals surface area contributed by atoms with Crippen LogP contribution in [-0.2, 0) is 6.42 Å². The monoisotopic (exact) mass is 255 g/mol. The summed E-state index contributed by atoms with van der Waals surface area (Å²) in [7, 11) is 0. The van der Waals surface area contributed by atoms with Crippen LogP contribution in [0.3, 0.4) is 0 Å². The zero-order chi connectivity index (χ0) is 11.7. The number of nitrogens with zero attached hydrogens (tertiary/aromatic N) is 1. The first kappa shape index (κ1) is 11.3. The molecule has 0 fully saturated rings. The molecule has 0 unspecified atom stereocenters. The average molecular weight is 256 g/mol. The Morgan fingerprint density at radius 1 is 1.25 bits per heavy atom. The van der Waals surface area contributed by atoms with E-state index in [0.717, 1.165) is 23.2 Å². The number of rotatable bonds is 2. The third-order valence-corrected chi connectivity index (χ3v) is 2.84. The lowest BCUT2D eigenvalue weighted by Gasteiger charge is -2.03. The Hall–Kier alpha value is -1.19. The molecular formula is C11H11Cl2N3. The first-order valence-corrected chi connectivity index (χ1v) is 5.66. The maximum absolute atomic E-state index is 5.95. The van der Waals surface area contributed by atoms with Crippen molar-refractivity contribution in [3.8, 4) is 11.3 Å². The molecule has 0 spiro atoms. The van der Waals surface area contributed by atoms with Crippen LogP contribution in [-0.4, -0.2) is 10.2 Å². The Kier molecular flexibility index (Phi) is 3.08. The number of hydrogen-bond donors (Lipinski definition) is 2. The van der Waals surface area contributed by atoms with Gasteiger partial charge in [-0.3, -0.25) is 5.10 Å². The van der Waals surface area contributed by atoms with Gasteiger partial charge in [0.05, 0.1) is 5.69 Å². The minimum atomic E-state index is 0.522. The second-order valence-corrected chi connectivity index (χ2v) is 4.35. The van der Waals surface area contributed by atoms with Gasteiger partial charge in [-0.2, -0.15) is 5.10 Å². The number of aromatic nitrogens is 2. The lowest BCUT2D eigenvalue weighted by atomic mass is 10.1. The number of nitrogens with one attached hydrogen (secondary N) is 1. The third kappa shape index (κ3) is 2.01. The summed E-state index contributed by atoms with van der Waals surface area (Å²) in [5, 5.41) is 8.08. The zero-order valence-corrected chi connectivity index (χ0v) is 10.2. The molecular weight excluding hydrogens is 245 g/mol. The quantitative estimate of drug-likeness (QED) is 0.863. The van der Waals surface area contributed by atoms with Crippen molar-refractivity contribution in [1.29, 1.82) is 0 Å². The fourth-order valence-electron chi connectivity index (χ4n) is 1.67. The topological polar surface area (TPSA) is 54.7 Å². The van der Waals surface area contributed by atoms with Crippen molar-refractivity contribution in [2.24, 2.45) is 0 Å². The highest BCUT2D eigenvalue weighted by atomic mass is 35.5. The van der Waals surface area contributed by atoms with E-state index in [-0.39, 0.29) is 0 Å². The van der Waals surface area contributed by atoms with Gasteiger partial charge in [0, 0.05) is 21.2 Å². The molecule has 0 saturated heterocycles. The van der Waals surface area contributed by atoms with Crippen LogP contribution in [0.1, 0.15) is 12.5 Å². The van der Waals surface area contributed by atoms with Crippen LogP contribution in [0.25, 0.3) is 11.3 Å². The van der Waals surface area contributed by atoms with Gasteiger partial charge >= 0.3 is 0 Å². The molecule has 0 radical (unpaired) electrons. The van der Waals surface area contributed by atoms with Crippen molar-refractivity contribution in [3.63, 3.8) is 0 Å². The smallest absolute Gasteiger partial charge is 0.149 e. The molecule has 3 N–H and O–H groups in total. The largest absolute Gasteiger partial charge is 0.382 e. The van der Waals surface area contributed by atoms with E-state index in [1.165, 1.54) is 0 Å². The first-order valence-electron chi connectivity index (χ1n) is 4.91. The fourth-order valence-corrected chi connectivity index (χ4v) is 2.20. The molecule has 0 atom stereocenters. The summed E-state index contributed by atoms with van der Waals surface area (Å²) in [4.78, 5) is 0. The highest BCUT2D eigenvalue weighted by Crippen LogP contribution is 2.30. The molecule has 2 aromatic rings. The third-order valence-electron chi connectivity index (χ3n) is 2.40. The number of halogens is 2. The number of aromatic amines is 1. The van der Waals surface area contributed by atoms with Crippen molar-refractivity contribution in [2.75, 3.05) is 5.73 Å². The highest BCUT2D eigenvalue weighted by Gasteiger charge is 2.11. The van der Waals surface area contributed by atoms with Crippen molar-refractivity contribution in [3.05, 3.63) is 33.8 Å². The lowest BCUT2D eigenvalue weighted by Crippen LogP contribution is -1.90. The second-order valence-electron chi connectivity index (χ2n) is 3.47. The number of nitrogen functional groups attached to an aromatic ring is 1. The predicted molar refractivity (Wildman–Crippen MR) is 67.8 cm³/mol. The summed E-state index contributed by atoms with van der Waals surface area (Å²) < 4.78 is 0. The van der Waals surface area contributed by atoms with Crippen LogP contribution in [0.15, 0.2) is 18.2 Å². The van der Waals surface area contributed by atoms with Gasteiger partial charge in [0.1, 0.15) is 5.82 Å². The molecule has 2 rings (SSSR count). The summed E-state index contributed by atoms with van der Waals surface area (Å²) in [6.07, 6.45) is 0.807. The Morgan fingerprint density at radius 2 is 1.88 bits per heavy atom. The molecule has 84 valence electrons. The molecule has 0 amide bonds. The average Bonchev–Trinajstić information content (AvgIpc) is 2.58. The van der Waals surface area contributed by atoms with Crippen LogP contribution in [0.2, 0.25) is 10.0 Å². The van der Waals surface area contributed by atoms with E-state index in [1.807, 2.05) is 19.1 Å². The van der Waals surface area contributed by atoms with Crippen molar-refractivity contribution in [2.45, 2.75) is 13.3 Å². The maximum atomic E-state index is 5.95. The molecule has 0 bridgehead atoms. The van der Waals surface area contributed by atoms with Crippen LogP contribution in [0.5, 0.6) is 0 Å². The maximum Gasteiger partial charge on any atom is 0.149 e. The molecule has 1 aromatic heterocycles. The molecule has 5 heteroatoms. The van der Waals surface area contributed by atoms with Crippen LogP contribution in [0, 0.1) is 0 Å². The first-order chi connectivity index (χ1) is 7.61. The minimum absolute atomic E-state index is 0.522. The van der Waals surface area contributed by atoms with Crippen LogP contribution >= 0.6 is 23.2 Å². The lowest BCUT2D eigenvalue weighted by molar-refractivity contribution is 1.10. The van der Waals surface area contributed by atoms with Crippen molar-refractivity contribution in [1.82, 2.24) is 10.2 Å². The summed E-state index contributed by atoms with van der Waals surface area (Å²) in [6, 6.07) is 5.36.